The van der Waals surface area contributed by atoms with Gasteiger partial charge in [0.25, 0.3) is 0 Å². The van der Waals surface area contributed by atoms with Crippen molar-refractivity contribution in [2.45, 2.75) is 38.1 Å². The van der Waals surface area contributed by atoms with Gasteiger partial charge in [-0.1, -0.05) is 37.3 Å². The molecule has 0 radical (unpaired) electrons. The van der Waals surface area contributed by atoms with E-state index in [2.05, 4.69) is 5.43 Å². The van der Waals surface area contributed by atoms with Crippen molar-refractivity contribution in [2.75, 3.05) is 6.61 Å². The van der Waals surface area contributed by atoms with E-state index >= 15 is 0 Å². The minimum absolute atomic E-state index is 0.226. The van der Waals surface area contributed by atoms with Crippen LogP contribution in [0.1, 0.15) is 32.1 Å². The van der Waals surface area contributed by atoms with Crippen LogP contribution in [-0.2, 0) is 0 Å². The molecule has 4 heteroatoms. The van der Waals surface area contributed by atoms with Crippen molar-refractivity contribution in [1.82, 2.24) is 5.43 Å². The third kappa shape index (κ3) is 4.16. The predicted octanol–water partition coefficient (Wildman–Crippen LogP) is 3.13. The summed E-state index contributed by atoms with van der Waals surface area (Å²) in [4.78, 5) is 0. The molecular formula is C14H21ClN2O. The molecule has 1 aliphatic carbocycles. The number of hydrogen-bond donors (Lipinski definition) is 2. The number of ether oxygens (including phenoxy) is 1. The number of hydrogen-bond acceptors (Lipinski definition) is 3. The average Bonchev–Trinajstić information content (AvgIpc) is 2.89. The molecule has 0 amide bonds. The maximum atomic E-state index is 5.83. The molecule has 0 aromatic heterocycles. The third-order valence-corrected chi connectivity index (χ3v) is 3.85. The molecule has 3 N–H and O–H groups in total. The molecule has 1 fully saturated rings. The van der Waals surface area contributed by atoms with Crippen molar-refractivity contribution in [3.8, 4) is 5.75 Å². The lowest BCUT2D eigenvalue weighted by molar-refractivity contribution is 0.239. The normalized spacial score (nSPS) is 17.9. The fourth-order valence-electron chi connectivity index (χ4n) is 2.56. The molecule has 0 heterocycles. The Labute approximate surface area is 114 Å². The number of rotatable bonds is 6. The Balaban J connectivity index is 1.77. The van der Waals surface area contributed by atoms with Crippen LogP contribution in [0.3, 0.4) is 0 Å². The van der Waals surface area contributed by atoms with Crippen molar-refractivity contribution >= 4 is 11.6 Å². The lowest BCUT2D eigenvalue weighted by Crippen LogP contribution is -2.40. The van der Waals surface area contributed by atoms with Gasteiger partial charge in [-0.2, -0.15) is 0 Å². The smallest absolute Gasteiger partial charge is 0.119 e. The van der Waals surface area contributed by atoms with E-state index < -0.39 is 0 Å². The highest BCUT2D eigenvalue weighted by Crippen LogP contribution is 2.28. The Morgan fingerprint density at radius 2 is 1.94 bits per heavy atom. The minimum Gasteiger partial charge on any atom is -0.492 e. The van der Waals surface area contributed by atoms with Gasteiger partial charge >= 0.3 is 0 Å². The summed E-state index contributed by atoms with van der Waals surface area (Å²) in [5, 5.41) is 0.724. The molecule has 1 aromatic carbocycles. The fourth-order valence-corrected chi connectivity index (χ4v) is 2.69. The van der Waals surface area contributed by atoms with E-state index in [1.165, 1.54) is 25.7 Å². The van der Waals surface area contributed by atoms with Crippen LogP contribution < -0.4 is 16.0 Å². The van der Waals surface area contributed by atoms with Crippen LogP contribution in [0.5, 0.6) is 5.75 Å². The zero-order valence-corrected chi connectivity index (χ0v) is 11.3. The van der Waals surface area contributed by atoms with Gasteiger partial charge < -0.3 is 4.74 Å². The number of hydrazine groups is 1. The van der Waals surface area contributed by atoms with Gasteiger partial charge in [-0.15, -0.1) is 0 Å². The van der Waals surface area contributed by atoms with Crippen molar-refractivity contribution < 1.29 is 4.74 Å². The van der Waals surface area contributed by atoms with Crippen molar-refractivity contribution in [1.29, 1.82) is 0 Å². The molecule has 0 spiro atoms. The lowest BCUT2D eigenvalue weighted by Gasteiger charge is -2.20. The largest absolute Gasteiger partial charge is 0.492 e. The second-order valence-corrected chi connectivity index (χ2v) is 5.45. The number of benzene rings is 1. The first kappa shape index (κ1) is 13.7. The first-order chi connectivity index (χ1) is 8.78. The third-order valence-electron chi connectivity index (χ3n) is 3.59. The molecule has 1 aromatic rings. The van der Waals surface area contributed by atoms with E-state index in [-0.39, 0.29) is 6.04 Å². The van der Waals surface area contributed by atoms with Gasteiger partial charge in [-0.3, -0.25) is 11.3 Å². The summed E-state index contributed by atoms with van der Waals surface area (Å²) >= 11 is 5.83. The van der Waals surface area contributed by atoms with E-state index in [1.807, 2.05) is 24.3 Å². The summed E-state index contributed by atoms with van der Waals surface area (Å²) in [7, 11) is 0. The molecule has 18 heavy (non-hydrogen) atoms. The molecule has 0 saturated heterocycles. The topological polar surface area (TPSA) is 47.3 Å². The summed E-state index contributed by atoms with van der Waals surface area (Å²) in [6.07, 6.45) is 6.49. The monoisotopic (exact) mass is 268 g/mol. The average molecular weight is 269 g/mol. The fraction of sp³-hybridized carbons (Fsp3) is 0.571. The molecule has 1 atom stereocenters. The quantitative estimate of drug-likeness (QED) is 0.616. The van der Waals surface area contributed by atoms with E-state index in [4.69, 9.17) is 22.2 Å². The molecule has 1 unspecified atom stereocenters. The van der Waals surface area contributed by atoms with Crippen molar-refractivity contribution in [2.24, 2.45) is 11.8 Å². The van der Waals surface area contributed by atoms with E-state index in [0.717, 1.165) is 23.1 Å². The highest BCUT2D eigenvalue weighted by molar-refractivity contribution is 6.30. The second-order valence-electron chi connectivity index (χ2n) is 5.01. The number of nitrogens with one attached hydrogen (secondary N) is 1. The summed E-state index contributed by atoms with van der Waals surface area (Å²) < 4.78 is 5.72. The Morgan fingerprint density at radius 3 is 2.56 bits per heavy atom. The van der Waals surface area contributed by atoms with Crippen LogP contribution in [0.2, 0.25) is 5.02 Å². The van der Waals surface area contributed by atoms with E-state index in [1.54, 1.807) is 0 Å². The minimum atomic E-state index is 0.226. The lowest BCUT2D eigenvalue weighted by atomic mass is 9.99. The van der Waals surface area contributed by atoms with Gasteiger partial charge in [-0.05, 0) is 36.6 Å². The first-order valence-electron chi connectivity index (χ1n) is 6.62. The molecule has 1 aliphatic rings. The summed E-state index contributed by atoms with van der Waals surface area (Å²) in [5.74, 6) is 7.23. The van der Waals surface area contributed by atoms with E-state index in [9.17, 15) is 0 Å². The highest BCUT2D eigenvalue weighted by atomic mass is 35.5. The van der Waals surface area contributed by atoms with E-state index in [0.29, 0.717) is 6.61 Å². The zero-order valence-electron chi connectivity index (χ0n) is 10.6. The summed E-state index contributed by atoms with van der Waals surface area (Å²) in [5.41, 5.74) is 2.86. The molecule has 100 valence electrons. The maximum Gasteiger partial charge on any atom is 0.119 e. The predicted molar refractivity (Wildman–Crippen MR) is 74.6 cm³/mol. The van der Waals surface area contributed by atoms with Crippen molar-refractivity contribution in [3.63, 3.8) is 0 Å². The molecular weight excluding hydrogens is 248 g/mol. The molecule has 0 aliphatic heterocycles. The molecule has 2 rings (SSSR count). The van der Waals surface area contributed by atoms with Crippen LogP contribution in [0.15, 0.2) is 24.3 Å². The summed E-state index contributed by atoms with van der Waals surface area (Å²) in [6.45, 7) is 0.606. The van der Waals surface area contributed by atoms with Gasteiger partial charge in [0.2, 0.25) is 0 Å². The SMILES string of the molecule is NNC(COc1ccc(Cl)cc1)CC1CCCC1. The number of nitrogens with two attached hydrogens (primary N) is 1. The molecule has 3 nitrogen and oxygen atoms in total. The Hall–Kier alpha value is -0.770. The first-order valence-corrected chi connectivity index (χ1v) is 7.00. The van der Waals surface area contributed by atoms with Crippen LogP contribution >= 0.6 is 11.6 Å². The molecule has 0 bridgehead atoms. The Bertz CT molecular complexity index is 349. The van der Waals surface area contributed by atoms with Gasteiger partial charge in [0, 0.05) is 5.02 Å². The standard InChI is InChI=1S/C14H21ClN2O/c15-12-5-7-14(8-6-12)18-10-13(17-16)9-11-3-1-2-4-11/h5-8,11,13,17H,1-4,9-10,16H2. The van der Waals surface area contributed by atoms with Gasteiger partial charge in [0.05, 0.1) is 6.04 Å². The Kier molecular flexibility index (Phi) is 5.29. The maximum absolute atomic E-state index is 5.83. The van der Waals surface area contributed by atoms with Crippen LogP contribution in [0, 0.1) is 5.92 Å². The molecule has 1 saturated carbocycles. The number of halogens is 1. The highest BCUT2D eigenvalue weighted by Gasteiger charge is 2.19. The van der Waals surface area contributed by atoms with Crippen LogP contribution in [0.25, 0.3) is 0 Å². The van der Waals surface area contributed by atoms with Crippen LogP contribution in [0.4, 0.5) is 0 Å². The Morgan fingerprint density at radius 1 is 1.28 bits per heavy atom. The van der Waals surface area contributed by atoms with Crippen LogP contribution in [-0.4, -0.2) is 12.6 Å². The van der Waals surface area contributed by atoms with Crippen molar-refractivity contribution in [3.05, 3.63) is 29.3 Å². The van der Waals surface area contributed by atoms with Gasteiger partial charge in [0.1, 0.15) is 12.4 Å². The summed E-state index contributed by atoms with van der Waals surface area (Å²) in [6, 6.07) is 7.65. The second kappa shape index (κ2) is 6.98. The van der Waals surface area contributed by atoms with Gasteiger partial charge in [-0.25, -0.2) is 0 Å². The van der Waals surface area contributed by atoms with Gasteiger partial charge in [0.15, 0.2) is 0 Å². The zero-order chi connectivity index (χ0) is 12.8.